The van der Waals surface area contributed by atoms with E-state index in [1.165, 1.54) is 26.4 Å². The van der Waals surface area contributed by atoms with Gasteiger partial charge in [0, 0.05) is 13.2 Å². The summed E-state index contributed by atoms with van der Waals surface area (Å²) >= 11 is 0. The van der Waals surface area contributed by atoms with Gasteiger partial charge in [0.2, 0.25) is 0 Å². The SMILES string of the molecule is CCCCCCOCCCC(C)(NC)C(=O)OC. The van der Waals surface area contributed by atoms with Gasteiger partial charge in [-0.15, -0.1) is 0 Å². The highest BCUT2D eigenvalue weighted by Crippen LogP contribution is 2.13. The molecule has 0 bridgehead atoms. The number of nitrogens with one attached hydrogen (secondary N) is 1. The van der Waals surface area contributed by atoms with Crippen molar-refractivity contribution in [2.24, 2.45) is 0 Å². The van der Waals surface area contributed by atoms with Gasteiger partial charge in [-0.05, 0) is 33.2 Å². The molecule has 0 aliphatic heterocycles. The fourth-order valence-corrected chi connectivity index (χ4v) is 1.82. The second-order valence-corrected chi connectivity index (χ2v) is 4.85. The first kappa shape index (κ1) is 17.4. The lowest BCUT2D eigenvalue weighted by molar-refractivity contribution is -0.148. The molecule has 18 heavy (non-hydrogen) atoms. The number of hydrogen-bond donors (Lipinski definition) is 1. The minimum atomic E-state index is -0.597. The number of carbonyl (C=O) groups excluding carboxylic acids is 1. The van der Waals surface area contributed by atoms with Crippen molar-refractivity contribution >= 4 is 5.97 Å². The fourth-order valence-electron chi connectivity index (χ4n) is 1.82. The van der Waals surface area contributed by atoms with Gasteiger partial charge in [0.05, 0.1) is 7.11 Å². The first-order valence-electron chi connectivity index (χ1n) is 6.95. The third-order valence-corrected chi connectivity index (χ3v) is 3.30. The largest absolute Gasteiger partial charge is 0.468 e. The van der Waals surface area contributed by atoms with Gasteiger partial charge in [-0.1, -0.05) is 26.2 Å². The molecule has 0 aromatic carbocycles. The van der Waals surface area contributed by atoms with Gasteiger partial charge >= 0.3 is 5.97 Å². The number of ether oxygens (including phenoxy) is 2. The standard InChI is InChI=1S/C14H29NO3/c1-5-6-7-8-11-18-12-9-10-14(2,15-3)13(16)17-4/h15H,5-12H2,1-4H3. The molecule has 0 aliphatic rings. The van der Waals surface area contributed by atoms with Crippen molar-refractivity contribution in [3.05, 3.63) is 0 Å². The Morgan fingerprint density at radius 3 is 2.39 bits per heavy atom. The molecule has 108 valence electrons. The van der Waals surface area contributed by atoms with E-state index in [0.29, 0.717) is 6.61 Å². The summed E-state index contributed by atoms with van der Waals surface area (Å²) in [7, 11) is 3.20. The van der Waals surface area contributed by atoms with E-state index in [0.717, 1.165) is 25.9 Å². The number of unbranched alkanes of at least 4 members (excludes halogenated alkanes) is 3. The van der Waals surface area contributed by atoms with E-state index in [1.54, 1.807) is 7.05 Å². The summed E-state index contributed by atoms with van der Waals surface area (Å²) in [6.45, 7) is 5.60. The average Bonchev–Trinajstić information content (AvgIpc) is 2.40. The van der Waals surface area contributed by atoms with Crippen LogP contribution >= 0.6 is 0 Å². The van der Waals surface area contributed by atoms with Gasteiger partial charge < -0.3 is 14.8 Å². The van der Waals surface area contributed by atoms with Crippen LogP contribution in [0.2, 0.25) is 0 Å². The van der Waals surface area contributed by atoms with E-state index in [9.17, 15) is 4.79 Å². The molecule has 1 N–H and O–H groups in total. The lowest BCUT2D eigenvalue weighted by Crippen LogP contribution is -2.48. The van der Waals surface area contributed by atoms with E-state index < -0.39 is 5.54 Å². The molecule has 0 aliphatic carbocycles. The van der Waals surface area contributed by atoms with Gasteiger partial charge in [-0.25, -0.2) is 0 Å². The zero-order chi connectivity index (χ0) is 13.9. The summed E-state index contributed by atoms with van der Waals surface area (Å²) in [4.78, 5) is 11.6. The highest BCUT2D eigenvalue weighted by Gasteiger charge is 2.31. The Morgan fingerprint density at radius 2 is 1.83 bits per heavy atom. The molecule has 0 aromatic heterocycles. The zero-order valence-electron chi connectivity index (χ0n) is 12.4. The molecule has 0 rings (SSSR count). The van der Waals surface area contributed by atoms with Crippen LogP contribution in [0, 0.1) is 0 Å². The van der Waals surface area contributed by atoms with Crippen LogP contribution in [0.4, 0.5) is 0 Å². The molecule has 4 heteroatoms. The maximum Gasteiger partial charge on any atom is 0.325 e. The number of likely N-dealkylation sites (N-methyl/N-ethyl adjacent to an activating group) is 1. The van der Waals surface area contributed by atoms with Gasteiger partial charge in [0.1, 0.15) is 5.54 Å². The minimum absolute atomic E-state index is 0.215. The van der Waals surface area contributed by atoms with Crippen molar-refractivity contribution in [2.45, 2.75) is 57.9 Å². The number of rotatable bonds is 11. The number of carbonyl (C=O) groups is 1. The normalized spacial score (nSPS) is 14.2. The topological polar surface area (TPSA) is 47.6 Å². The van der Waals surface area contributed by atoms with Crippen molar-refractivity contribution in [3.63, 3.8) is 0 Å². The summed E-state index contributed by atoms with van der Waals surface area (Å²) in [6, 6.07) is 0. The molecular weight excluding hydrogens is 230 g/mol. The predicted molar refractivity (Wildman–Crippen MR) is 73.7 cm³/mol. The highest BCUT2D eigenvalue weighted by molar-refractivity contribution is 5.80. The van der Waals surface area contributed by atoms with Gasteiger partial charge in [0.15, 0.2) is 0 Å². The molecule has 1 unspecified atom stereocenters. The molecule has 0 saturated heterocycles. The van der Waals surface area contributed by atoms with Crippen LogP contribution in [0.1, 0.15) is 52.4 Å². The van der Waals surface area contributed by atoms with E-state index in [-0.39, 0.29) is 5.97 Å². The van der Waals surface area contributed by atoms with Gasteiger partial charge in [-0.2, -0.15) is 0 Å². The second-order valence-electron chi connectivity index (χ2n) is 4.85. The maximum absolute atomic E-state index is 11.6. The third kappa shape index (κ3) is 6.97. The molecule has 0 aromatic rings. The Bertz CT molecular complexity index is 221. The quantitative estimate of drug-likeness (QED) is 0.457. The Kier molecular flexibility index (Phi) is 9.98. The monoisotopic (exact) mass is 259 g/mol. The van der Waals surface area contributed by atoms with E-state index in [2.05, 4.69) is 12.2 Å². The Labute approximate surface area is 111 Å². The van der Waals surface area contributed by atoms with Gasteiger partial charge in [-0.3, -0.25) is 4.79 Å². The van der Waals surface area contributed by atoms with Crippen molar-refractivity contribution < 1.29 is 14.3 Å². The average molecular weight is 259 g/mol. The Hall–Kier alpha value is -0.610. The molecule has 0 amide bonds. The van der Waals surface area contributed by atoms with Crippen LogP contribution < -0.4 is 5.32 Å². The van der Waals surface area contributed by atoms with E-state index in [4.69, 9.17) is 9.47 Å². The van der Waals surface area contributed by atoms with Crippen molar-refractivity contribution in [2.75, 3.05) is 27.4 Å². The predicted octanol–water partition coefficient (Wildman–Crippen LogP) is 2.51. The first-order valence-corrected chi connectivity index (χ1v) is 6.95. The zero-order valence-corrected chi connectivity index (χ0v) is 12.4. The van der Waals surface area contributed by atoms with Gasteiger partial charge in [0.25, 0.3) is 0 Å². The molecule has 0 spiro atoms. The summed E-state index contributed by atoms with van der Waals surface area (Å²) in [5.41, 5.74) is -0.597. The van der Waals surface area contributed by atoms with Crippen LogP contribution in [0.5, 0.6) is 0 Å². The van der Waals surface area contributed by atoms with Crippen molar-refractivity contribution in [1.29, 1.82) is 0 Å². The smallest absolute Gasteiger partial charge is 0.325 e. The van der Waals surface area contributed by atoms with Crippen LogP contribution in [-0.2, 0) is 14.3 Å². The summed E-state index contributed by atoms with van der Waals surface area (Å²) in [5, 5.41) is 3.02. The lowest BCUT2D eigenvalue weighted by Gasteiger charge is -2.25. The van der Waals surface area contributed by atoms with Crippen LogP contribution in [0.3, 0.4) is 0 Å². The van der Waals surface area contributed by atoms with Crippen molar-refractivity contribution in [3.8, 4) is 0 Å². The number of methoxy groups -OCH3 is 1. The molecule has 0 heterocycles. The van der Waals surface area contributed by atoms with E-state index >= 15 is 0 Å². The molecule has 4 nitrogen and oxygen atoms in total. The summed E-state index contributed by atoms with van der Waals surface area (Å²) in [6.07, 6.45) is 6.50. The fraction of sp³-hybridized carbons (Fsp3) is 0.929. The number of esters is 1. The molecule has 0 saturated carbocycles. The van der Waals surface area contributed by atoms with E-state index in [1.807, 2.05) is 6.92 Å². The molecule has 1 atom stereocenters. The molecular formula is C14H29NO3. The van der Waals surface area contributed by atoms with Crippen LogP contribution in [-0.4, -0.2) is 38.9 Å². The number of hydrogen-bond acceptors (Lipinski definition) is 4. The third-order valence-electron chi connectivity index (χ3n) is 3.30. The summed E-state index contributed by atoms with van der Waals surface area (Å²) in [5.74, 6) is -0.215. The summed E-state index contributed by atoms with van der Waals surface area (Å²) < 4.78 is 10.3. The Morgan fingerprint density at radius 1 is 1.17 bits per heavy atom. The Balaban J connectivity index is 3.60. The van der Waals surface area contributed by atoms with Crippen molar-refractivity contribution in [1.82, 2.24) is 5.32 Å². The first-order chi connectivity index (χ1) is 8.60. The highest BCUT2D eigenvalue weighted by atomic mass is 16.5. The van der Waals surface area contributed by atoms with Crippen LogP contribution in [0.15, 0.2) is 0 Å². The van der Waals surface area contributed by atoms with Crippen LogP contribution in [0.25, 0.3) is 0 Å². The lowest BCUT2D eigenvalue weighted by atomic mass is 9.96. The maximum atomic E-state index is 11.6. The second kappa shape index (κ2) is 10.3. The molecule has 0 radical (unpaired) electrons. The molecule has 0 fully saturated rings. The minimum Gasteiger partial charge on any atom is -0.468 e.